The maximum Gasteiger partial charge on any atom is 0.225 e. The van der Waals surface area contributed by atoms with E-state index in [1.54, 1.807) is 4.68 Å². The fraction of sp³-hybridized carbons (Fsp3) is 0.292. The number of rotatable bonds is 5. The van der Waals surface area contributed by atoms with E-state index in [0.29, 0.717) is 23.5 Å². The van der Waals surface area contributed by atoms with Crippen LogP contribution in [0.3, 0.4) is 0 Å². The van der Waals surface area contributed by atoms with E-state index in [1.807, 2.05) is 61.6 Å². The maximum absolute atomic E-state index is 6.34. The molecule has 0 atom stereocenters. The van der Waals surface area contributed by atoms with Gasteiger partial charge in [-0.2, -0.15) is 10.1 Å². The molecule has 2 heterocycles. The van der Waals surface area contributed by atoms with Crippen molar-refractivity contribution in [2.45, 2.75) is 38.1 Å². The van der Waals surface area contributed by atoms with Crippen molar-refractivity contribution in [3.63, 3.8) is 0 Å². The minimum atomic E-state index is 0.396. The summed E-state index contributed by atoms with van der Waals surface area (Å²) < 4.78 is 7.68. The molecule has 5 rings (SSSR count). The van der Waals surface area contributed by atoms with E-state index in [1.165, 1.54) is 19.3 Å². The number of benzene rings is 2. The lowest BCUT2D eigenvalue weighted by molar-refractivity contribution is 0.461. The molecule has 2 aromatic carbocycles. The first-order valence-electron chi connectivity index (χ1n) is 10.8. The van der Waals surface area contributed by atoms with Crippen LogP contribution >= 0.6 is 0 Å². The Bertz CT molecular complexity index is 1200. The van der Waals surface area contributed by atoms with Gasteiger partial charge in [-0.3, -0.25) is 4.68 Å². The summed E-state index contributed by atoms with van der Waals surface area (Å²) in [4.78, 5) is 9.54. The molecule has 0 saturated heterocycles. The largest absolute Gasteiger partial charge is 0.457 e. The number of ether oxygens (including phenoxy) is 1. The van der Waals surface area contributed by atoms with Crippen LogP contribution in [-0.2, 0) is 7.05 Å². The third-order valence-electron chi connectivity index (χ3n) is 5.76. The minimum absolute atomic E-state index is 0.396. The van der Waals surface area contributed by atoms with Crippen LogP contribution in [0.1, 0.15) is 32.1 Å². The number of fused-ring (bicyclic) bond motifs is 1. The zero-order valence-electron chi connectivity index (χ0n) is 17.6. The number of nitrogen functional groups attached to an aromatic ring is 1. The molecule has 1 saturated carbocycles. The Morgan fingerprint density at radius 3 is 2.55 bits per heavy atom. The van der Waals surface area contributed by atoms with Crippen molar-refractivity contribution in [3.8, 4) is 22.8 Å². The zero-order chi connectivity index (χ0) is 21.2. The summed E-state index contributed by atoms with van der Waals surface area (Å²) in [7, 11) is 1.82. The van der Waals surface area contributed by atoms with E-state index < -0.39 is 0 Å². The van der Waals surface area contributed by atoms with Gasteiger partial charge < -0.3 is 15.8 Å². The van der Waals surface area contributed by atoms with Crippen LogP contribution in [0.2, 0.25) is 0 Å². The zero-order valence-corrected chi connectivity index (χ0v) is 17.6. The summed E-state index contributed by atoms with van der Waals surface area (Å²) in [5.41, 5.74) is 8.60. The molecule has 0 unspecified atom stereocenters. The second kappa shape index (κ2) is 8.26. The van der Waals surface area contributed by atoms with Gasteiger partial charge in [0, 0.05) is 18.7 Å². The molecule has 4 aromatic rings. The van der Waals surface area contributed by atoms with E-state index in [9.17, 15) is 0 Å². The molecule has 1 fully saturated rings. The van der Waals surface area contributed by atoms with Crippen LogP contribution in [0.15, 0.2) is 54.6 Å². The van der Waals surface area contributed by atoms with Gasteiger partial charge in [-0.15, -0.1) is 0 Å². The smallest absolute Gasteiger partial charge is 0.225 e. The molecule has 158 valence electrons. The van der Waals surface area contributed by atoms with Crippen molar-refractivity contribution in [2.75, 3.05) is 11.1 Å². The van der Waals surface area contributed by atoms with Gasteiger partial charge in [0.15, 0.2) is 5.65 Å². The molecule has 7 nitrogen and oxygen atoms in total. The first-order valence-corrected chi connectivity index (χ1v) is 10.8. The predicted molar refractivity (Wildman–Crippen MR) is 123 cm³/mol. The molecule has 0 bridgehead atoms. The van der Waals surface area contributed by atoms with Crippen molar-refractivity contribution in [1.29, 1.82) is 0 Å². The third-order valence-corrected chi connectivity index (χ3v) is 5.76. The molecule has 1 aliphatic rings. The summed E-state index contributed by atoms with van der Waals surface area (Å²) in [6, 6.07) is 18.0. The fourth-order valence-corrected chi connectivity index (χ4v) is 4.15. The Morgan fingerprint density at radius 2 is 1.74 bits per heavy atom. The number of nitrogens with two attached hydrogens (primary N) is 1. The first kappa shape index (κ1) is 19.4. The number of para-hydroxylation sites is 1. The number of nitrogens with one attached hydrogen (secondary N) is 1. The normalized spacial score (nSPS) is 14.6. The summed E-state index contributed by atoms with van der Waals surface area (Å²) in [5, 5.41) is 8.79. The number of aromatic nitrogens is 4. The van der Waals surface area contributed by atoms with Crippen LogP contribution in [0.4, 0.5) is 11.8 Å². The lowest BCUT2D eigenvalue weighted by Crippen LogP contribution is -2.23. The van der Waals surface area contributed by atoms with Crippen LogP contribution < -0.4 is 15.8 Å². The first-order chi connectivity index (χ1) is 15.2. The van der Waals surface area contributed by atoms with Gasteiger partial charge in [0.05, 0.1) is 11.1 Å². The van der Waals surface area contributed by atoms with Gasteiger partial charge in [-0.05, 0) is 37.1 Å². The number of nitrogens with zero attached hydrogens (tertiary/aromatic N) is 4. The molecule has 2 aromatic heterocycles. The van der Waals surface area contributed by atoms with Gasteiger partial charge in [-0.25, -0.2) is 4.98 Å². The third kappa shape index (κ3) is 4.03. The summed E-state index contributed by atoms with van der Waals surface area (Å²) in [6.07, 6.45) is 6.06. The highest BCUT2D eigenvalue weighted by Crippen LogP contribution is 2.34. The van der Waals surface area contributed by atoms with E-state index in [4.69, 9.17) is 15.5 Å². The van der Waals surface area contributed by atoms with Crippen molar-refractivity contribution in [3.05, 3.63) is 54.6 Å². The van der Waals surface area contributed by atoms with Crippen molar-refractivity contribution < 1.29 is 4.74 Å². The molecule has 1 aliphatic carbocycles. The highest BCUT2D eigenvalue weighted by molar-refractivity contribution is 5.99. The average molecular weight is 415 g/mol. The van der Waals surface area contributed by atoms with Crippen LogP contribution in [0.5, 0.6) is 11.5 Å². The molecule has 0 spiro atoms. The highest BCUT2D eigenvalue weighted by atomic mass is 16.5. The van der Waals surface area contributed by atoms with Gasteiger partial charge in [0.25, 0.3) is 0 Å². The highest BCUT2D eigenvalue weighted by Gasteiger charge is 2.20. The van der Waals surface area contributed by atoms with Gasteiger partial charge >= 0.3 is 0 Å². The quantitative estimate of drug-likeness (QED) is 0.469. The molecule has 0 amide bonds. The number of anilines is 2. The summed E-state index contributed by atoms with van der Waals surface area (Å²) in [6.45, 7) is 0. The lowest BCUT2D eigenvalue weighted by Gasteiger charge is -2.22. The van der Waals surface area contributed by atoms with Gasteiger partial charge in [0.2, 0.25) is 5.95 Å². The van der Waals surface area contributed by atoms with Crippen molar-refractivity contribution in [1.82, 2.24) is 19.7 Å². The molecule has 7 heteroatoms. The summed E-state index contributed by atoms with van der Waals surface area (Å²) in [5.74, 6) is 2.67. The SMILES string of the molecule is Cn1nc2nc(NC3CCCCC3)nc(-c3cccc(Oc4ccccc4)c3)c2c1N. The number of aryl methyl sites for hydroxylation is 1. The molecule has 31 heavy (non-hydrogen) atoms. The Morgan fingerprint density at radius 1 is 0.968 bits per heavy atom. The topological polar surface area (TPSA) is 90.9 Å². The molecule has 3 N–H and O–H groups in total. The van der Waals surface area contributed by atoms with Crippen molar-refractivity contribution >= 4 is 22.8 Å². The van der Waals surface area contributed by atoms with Crippen LogP contribution in [-0.4, -0.2) is 25.8 Å². The van der Waals surface area contributed by atoms with Crippen LogP contribution in [0.25, 0.3) is 22.3 Å². The van der Waals surface area contributed by atoms with Crippen LogP contribution in [0, 0.1) is 0 Å². The lowest BCUT2D eigenvalue weighted by atomic mass is 9.96. The molecule has 0 radical (unpaired) electrons. The van der Waals surface area contributed by atoms with Gasteiger partial charge in [0.1, 0.15) is 17.3 Å². The Balaban J connectivity index is 1.55. The Kier molecular flexibility index (Phi) is 5.16. The molecular formula is C24H26N6O. The van der Waals surface area contributed by atoms with E-state index in [0.717, 1.165) is 41.0 Å². The van der Waals surface area contributed by atoms with Crippen molar-refractivity contribution in [2.24, 2.45) is 7.05 Å². The number of hydrogen-bond acceptors (Lipinski definition) is 6. The maximum atomic E-state index is 6.34. The average Bonchev–Trinajstić information content (AvgIpc) is 3.08. The van der Waals surface area contributed by atoms with Gasteiger partial charge in [-0.1, -0.05) is 49.6 Å². The van der Waals surface area contributed by atoms with E-state index >= 15 is 0 Å². The standard InChI is InChI=1S/C24H26N6O/c1-30-22(25)20-21(16-9-8-14-19(15-16)31-18-12-6-3-7-13-18)27-24(28-23(20)29-30)26-17-10-4-2-5-11-17/h3,6-9,12-15,17H,2,4-5,10-11,25H2,1H3,(H,26,28,29). The second-order valence-electron chi connectivity index (χ2n) is 8.03. The minimum Gasteiger partial charge on any atom is -0.457 e. The second-order valence-corrected chi connectivity index (χ2v) is 8.03. The van der Waals surface area contributed by atoms with E-state index in [2.05, 4.69) is 15.4 Å². The Hall–Kier alpha value is -3.61. The number of hydrogen-bond donors (Lipinski definition) is 2. The monoisotopic (exact) mass is 414 g/mol. The molecule has 0 aliphatic heterocycles. The van der Waals surface area contributed by atoms with E-state index in [-0.39, 0.29) is 0 Å². The Labute approximate surface area is 181 Å². The summed E-state index contributed by atoms with van der Waals surface area (Å²) >= 11 is 0. The predicted octanol–water partition coefficient (Wildman–Crippen LogP) is 5.15. The molecular weight excluding hydrogens is 388 g/mol. The fourth-order valence-electron chi connectivity index (χ4n) is 4.15.